The third-order valence-corrected chi connectivity index (χ3v) is 6.28. The van der Waals surface area contributed by atoms with Crippen molar-refractivity contribution in [1.82, 2.24) is 25.4 Å². The van der Waals surface area contributed by atoms with E-state index in [4.69, 9.17) is 4.74 Å². The molecule has 1 aromatic heterocycles. The number of carbonyl (C=O) groups is 1. The highest BCUT2D eigenvalue weighted by Crippen LogP contribution is 2.20. The lowest BCUT2D eigenvalue weighted by molar-refractivity contribution is -0.119. The number of carbonyl (C=O) groups excluding carboxylic acids is 1. The third kappa shape index (κ3) is 6.41. The first-order valence-electron chi connectivity index (χ1n) is 11.0. The van der Waals surface area contributed by atoms with Crippen LogP contribution in [-0.4, -0.2) is 64.1 Å². The van der Waals surface area contributed by atoms with Crippen molar-refractivity contribution in [3.05, 3.63) is 65.7 Å². The number of thioether (sulfide) groups is 1. The first kappa shape index (κ1) is 22.5. The number of H-pyrrole nitrogens is 1. The van der Waals surface area contributed by atoms with Crippen molar-refractivity contribution in [2.45, 2.75) is 31.1 Å². The number of aromatic amines is 1. The molecule has 2 aromatic carbocycles. The summed E-state index contributed by atoms with van der Waals surface area (Å²) in [5, 5.41) is 10.7. The van der Waals surface area contributed by atoms with Gasteiger partial charge in [-0.3, -0.25) is 14.8 Å². The smallest absolute Gasteiger partial charge is 0.230 e. The summed E-state index contributed by atoms with van der Waals surface area (Å²) in [6.45, 7) is 5.94. The monoisotopic (exact) mass is 451 g/mol. The maximum atomic E-state index is 12.3. The van der Waals surface area contributed by atoms with Crippen LogP contribution in [0, 0.1) is 0 Å². The molecular formula is C24H29N5O2S. The van der Waals surface area contributed by atoms with Crippen LogP contribution in [0.3, 0.4) is 0 Å². The molecule has 0 aliphatic carbocycles. The average Bonchev–Trinajstić information content (AvgIpc) is 3.31. The van der Waals surface area contributed by atoms with Crippen molar-refractivity contribution in [2.75, 3.05) is 32.0 Å². The maximum Gasteiger partial charge on any atom is 0.230 e. The topological polar surface area (TPSA) is 83.1 Å². The molecule has 1 fully saturated rings. The van der Waals surface area contributed by atoms with E-state index < -0.39 is 0 Å². The molecule has 1 aliphatic rings. The second-order valence-corrected chi connectivity index (χ2v) is 8.77. The number of nitrogens with one attached hydrogen (secondary N) is 2. The summed E-state index contributed by atoms with van der Waals surface area (Å²) < 4.78 is 5.83. The molecule has 8 heteroatoms. The molecule has 0 saturated carbocycles. The summed E-state index contributed by atoms with van der Waals surface area (Å²) >= 11 is 1.32. The normalized spacial score (nSPS) is 16.7. The van der Waals surface area contributed by atoms with Crippen molar-refractivity contribution >= 4 is 17.7 Å². The van der Waals surface area contributed by atoms with Crippen LogP contribution in [0.2, 0.25) is 0 Å². The van der Waals surface area contributed by atoms with Gasteiger partial charge in [0.1, 0.15) is 0 Å². The van der Waals surface area contributed by atoms with Gasteiger partial charge < -0.3 is 10.1 Å². The zero-order valence-corrected chi connectivity index (χ0v) is 19.1. The van der Waals surface area contributed by atoms with Crippen LogP contribution < -0.4 is 5.32 Å². The molecule has 1 aliphatic heterocycles. The van der Waals surface area contributed by atoms with Gasteiger partial charge in [-0.25, -0.2) is 4.98 Å². The van der Waals surface area contributed by atoms with Gasteiger partial charge in [0.05, 0.1) is 18.5 Å². The largest absolute Gasteiger partial charge is 0.374 e. The van der Waals surface area contributed by atoms with E-state index in [9.17, 15) is 4.79 Å². The van der Waals surface area contributed by atoms with Gasteiger partial charge in [0.25, 0.3) is 0 Å². The van der Waals surface area contributed by atoms with Crippen LogP contribution in [0.5, 0.6) is 0 Å². The number of morpholine rings is 1. The molecule has 2 N–H and O–H groups in total. The minimum atomic E-state index is -0.0440. The van der Waals surface area contributed by atoms with Crippen LogP contribution in [-0.2, 0) is 22.5 Å². The molecule has 0 bridgehead atoms. The lowest BCUT2D eigenvalue weighted by atomic mass is 10.1. The minimum absolute atomic E-state index is 0.00242. The Morgan fingerprint density at radius 3 is 2.78 bits per heavy atom. The fraction of sp³-hybridized carbons (Fsp3) is 0.375. The Kier molecular flexibility index (Phi) is 7.92. The standard InChI is InChI=1S/C24H29N5O2S/c1-2-18-8-10-20(11-9-18)23-26-24(28-27-23)32-17-22(30)25-14-21-16-29(12-13-31-21)15-19-6-4-3-5-7-19/h3-11,21H,2,12-17H2,1H3,(H,25,30)(H,26,27,28). The van der Waals surface area contributed by atoms with Crippen molar-refractivity contribution in [1.29, 1.82) is 0 Å². The Morgan fingerprint density at radius 1 is 1.19 bits per heavy atom. The van der Waals surface area contributed by atoms with E-state index in [0.717, 1.165) is 31.6 Å². The molecule has 3 aromatic rings. The number of amides is 1. The second kappa shape index (κ2) is 11.3. The second-order valence-electron chi connectivity index (χ2n) is 7.82. The van der Waals surface area contributed by atoms with E-state index in [-0.39, 0.29) is 17.8 Å². The van der Waals surface area contributed by atoms with Gasteiger partial charge in [0, 0.05) is 31.7 Å². The van der Waals surface area contributed by atoms with Gasteiger partial charge in [-0.05, 0) is 17.5 Å². The number of ether oxygens (including phenoxy) is 1. The number of nitrogens with zero attached hydrogens (tertiary/aromatic N) is 3. The van der Waals surface area contributed by atoms with Crippen molar-refractivity contribution in [3.8, 4) is 11.4 Å². The predicted octanol–water partition coefficient (Wildman–Crippen LogP) is 3.14. The van der Waals surface area contributed by atoms with Gasteiger partial charge >= 0.3 is 0 Å². The lowest BCUT2D eigenvalue weighted by Gasteiger charge is -2.33. The SMILES string of the molecule is CCc1ccc(-c2nc(SCC(=O)NCC3CN(Cc4ccccc4)CCO3)n[nH]2)cc1. The van der Waals surface area contributed by atoms with Gasteiger partial charge in [-0.2, -0.15) is 0 Å². The van der Waals surface area contributed by atoms with Crippen molar-refractivity contribution in [3.63, 3.8) is 0 Å². The zero-order chi connectivity index (χ0) is 22.2. The molecule has 7 nitrogen and oxygen atoms in total. The number of rotatable bonds is 9. The Bertz CT molecular complexity index is 993. The van der Waals surface area contributed by atoms with Crippen LogP contribution >= 0.6 is 11.8 Å². The summed E-state index contributed by atoms with van der Waals surface area (Å²) in [6.07, 6.45) is 1.01. The Hall–Kier alpha value is -2.68. The zero-order valence-electron chi connectivity index (χ0n) is 18.3. The Morgan fingerprint density at radius 2 is 2.00 bits per heavy atom. The molecule has 1 atom stereocenters. The minimum Gasteiger partial charge on any atom is -0.374 e. The summed E-state index contributed by atoms with van der Waals surface area (Å²) in [7, 11) is 0. The molecule has 2 heterocycles. The highest BCUT2D eigenvalue weighted by atomic mass is 32.2. The molecule has 1 amide bonds. The maximum absolute atomic E-state index is 12.3. The number of aryl methyl sites for hydroxylation is 1. The van der Waals surface area contributed by atoms with E-state index in [1.165, 1.54) is 22.9 Å². The van der Waals surface area contributed by atoms with Crippen LogP contribution in [0.25, 0.3) is 11.4 Å². The quantitative estimate of drug-likeness (QED) is 0.487. The van der Waals surface area contributed by atoms with Crippen molar-refractivity contribution < 1.29 is 9.53 Å². The summed E-state index contributed by atoms with van der Waals surface area (Å²) in [5.41, 5.74) is 3.56. The summed E-state index contributed by atoms with van der Waals surface area (Å²) in [4.78, 5) is 19.2. The van der Waals surface area contributed by atoms with E-state index in [0.29, 0.717) is 24.1 Å². The number of benzene rings is 2. The molecule has 1 unspecified atom stereocenters. The number of hydrogen-bond acceptors (Lipinski definition) is 6. The van der Waals surface area contributed by atoms with Crippen LogP contribution in [0.15, 0.2) is 59.8 Å². The van der Waals surface area contributed by atoms with E-state index in [1.54, 1.807) is 0 Å². The average molecular weight is 452 g/mol. The van der Waals surface area contributed by atoms with Gasteiger partial charge in [-0.1, -0.05) is 73.3 Å². The molecule has 4 rings (SSSR count). The summed E-state index contributed by atoms with van der Waals surface area (Å²) in [6, 6.07) is 18.7. The fourth-order valence-corrected chi connectivity index (χ4v) is 4.26. The summed E-state index contributed by atoms with van der Waals surface area (Å²) in [5.74, 6) is 0.939. The molecule has 168 valence electrons. The van der Waals surface area contributed by atoms with Crippen LogP contribution in [0.4, 0.5) is 0 Å². The Balaban J connectivity index is 1.19. The van der Waals surface area contributed by atoms with Crippen molar-refractivity contribution in [2.24, 2.45) is 0 Å². The third-order valence-electron chi connectivity index (χ3n) is 5.43. The molecule has 1 saturated heterocycles. The van der Waals surface area contributed by atoms with Gasteiger partial charge in [0.2, 0.25) is 11.1 Å². The number of aromatic nitrogens is 3. The molecule has 0 radical (unpaired) electrons. The first-order chi connectivity index (χ1) is 15.7. The molecular weight excluding hydrogens is 422 g/mol. The Labute approximate surface area is 193 Å². The van der Waals surface area contributed by atoms with Gasteiger partial charge in [0.15, 0.2) is 5.82 Å². The molecule has 0 spiro atoms. The first-order valence-corrected chi connectivity index (χ1v) is 12.0. The van der Waals surface area contributed by atoms with Gasteiger partial charge in [-0.15, -0.1) is 5.10 Å². The van der Waals surface area contributed by atoms with Crippen LogP contribution in [0.1, 0.15) is 18.1 Å². The molecule has 32 heavy (non-hydrogen) atoms. The lowest BCUT2D eigenvalue weighted by Crippen LogP contribution is -2.47. The highest BCUT2D eigenvalue weighted by Gasteiger charge is 2.21. The van der Waals surface area contributed by atoms with E-state index in [1.807, 2.05) is 18.2 Å². The predicted molar refractivity (Wildman–Crippen MR) is 126 cm³/mol. The van der Waals surface area contributed by atoms with E-state index in [2.05, 4.69) is 68.7 Å². The fourth-order valence-electron chi connectivity index (χ4n) is 3.64. The number of hydrogen-bond donors (Lipinski definition) is 2. The van der Waals surface area contributed by atoms with E-state index >= 15 is 0 Å². The highest BCUT2D eigenvalue weighted by molar-refractivity contribution is 7.99.